The van der Waals surface area contributed by atoms with Crippen LogP contribution in [0.2, 0.25) is 0 Å². The highest BCUT2D eigenvalue weighted by Crippen LogP contribution is 2.21. The summed E-state index contributed by atoms with van der Waals surface area (Å²) in [6.45, 7) is 3.61. The van der Waals surface area contributed by atoms with Gasteiger partial charge in [0.25, 0.3) is 5.56 Å². The number of aryl methyl sites for hydroxylation is 1. The zero-order valence-electron chi connectivity index (χ0n) is 16.0. The van der Waals surface area contributed by atoms with Crippen LogP contribution in [-0.2, 0) is 11.3 Å². The van der Waals surface area contributed by atoms with E-state index in [4.69, 9.17) is 4.74 Å². The largest absolute Gasteiger partial charge is 0.449 e. The van der Waals surface area contributed by atoms with E-state index in [0.717, 1.165) is 10.9 Å². The number of nitrogens with one attached hydrogen (secondary N) is 1. The average molecular weight is 389 g/mol. The molecule has 7 heteroatoms. The van der Waals surface area contributed by atoms with Gasteiger partial charge in [-0.15, -0.1) is 0 Å². The molecule has 0 aliphatic carbocycles. The molecule has 4 aromatic rings. The van der Waals surface area contributed by atoms with Crippen molar-refractivity contribution in [2.45, 2.75) is 26.5 Å². The van der Waals surface area contributed by atoms with Gasteiger partial charge in [-0.25, -0.2) is 9.48 Å². The SMILES string of the molecule is CCn1nc(C(=O)O[C@H](C)C(=O)c2c[nH]c3ccccc23)c2ccccc2c1=O. The number of hydrogen-bond acceptors (Lipinski definition) is 5. The molecule has 0 aliphatic heterocycles. The Labute approximate surface area is 165 Å². The molecule has 1 atom stereocenters. The van der Waals surface area contributed by atoms with Crippen LogP contribution in [0.5, 0.6) is 0 Å². The van der Waals surface area contributed by atoms with E-state index >= 15 is 0 Å². The lowest BCUT2D eigenvalue weighted by atomic mass is 10.1. The number of aromatic nitrogens is 3. The molecule has 2 heterocycles. The van der Waals surface area contributed by atoms with Crippen LogP contribution in [0.3, 0.4) is 0 Å². The second kappa shape index (κ2) is 7.35. The minimum absolute atomic E-state index is 0.0145. The predicted octanol–water partition coefficient (Wildman–Crippen LogP) is 3.33. The van der Waals surface area contributed by atoms with Gasteiger partial charge in [-0.3, -0.25) is 9.59 Å². The van der Waals surface area contributed by atoms with Crippen molar-refractivity contribution in [3.8, 4) is 0 Å². The van der Waals surface area contributed by atoms with Crippen molar-refractivity contribution in [3.63, 3.8) is 0 Å². The smallest absolute Gasteiger partial charge is 0.360 e. The summed E-state index contributed by atoms with van der Waals surface area (Å²) in [6.07, 6.45) is 0.603. The number of carbonyl (C=O) groups is 2. The summed E-state index contributed by atoms with van der Waals surface area (Å²) in [5.74, 6) is -1.06. The van der Waals surface area contributed by atoms with E-state index in [1.165, 1.54) is 11.6 Å². The topological polar surface area (TPSA) is 94.1 Å². The molecule has 0 bridgehead atoms. The van der Waals surface area contributed by atoms with Crippen molar-refractivity contribution in [1.82, 2.24) is 14.8 Å². The predicted molar refractivity (Wildman–Crippen MR) is 109 cm³/mol. The van der Waals surface area contributed by atoms with E-state index in [1.807, 2.05) is 24.3 Å². The Morgan fingerprint density at radius 3 is 2.45 bits per heavy atom. The van der Waals surface area contributed by atoms with E-state index < -0.39 is 12.1 Å². The van der Waals surface area contributed by atoms with Crippen molar-refractivity contribution >= 4 is 33.4 Å². The molecule has 0 saturated heterocycles. The van der Waals surface area contributed by atoms with Crippen LogP contribution in [0.1, 0.15) is 34.7 Å². The Balaban J connectivity index is 1.67. The van der Waals surface area contributed by atoms with Crippen molar-refractivity contribution in [1.29, 1.82) is 0 Å². The quantitative estimate of drug-likeness (QED) is 0.417. The monoisotopic (exact) mass is 389 g/mol. The highest BCUT2D eigenvalue weighted by molar-refractivity contribution is 6.11. The number of fused-ring (bicyclic) bond motifs is 2. The number of para-hydroxylation sites is 1. The summed E-state index contributed by atoms with van der Waals surface area (Å²) in [6, 6.07) is 14.1. The molecule has 1 N–H and O–H groups in total. The number of H-pyrrole nitrogens is 1. The first kappa shape index (κ1) is 18.6. The van der Waals surface area contributed by atoms with Crippen LogP contribution >= 0.6 is 0 Å². The maximum absolute atomic E-state index is 12.9. The number of ether oxygens (including phenoxy) is 1. The number of nitrogens with zero attached hydrogens (tertiary/aromatic N) is 2. The van der Waals surface area contributed by atoms with Crippen molar-refractivity contribution in [3.05, 3.63) is 76.3 Å². The Morgan fingerprint density at radius 1 is 1.07 bits per heavy atom. The van der Waals surface area contributed by atoms with Gasteiger partial charge in [0, 0.05) is 34.6 Å². The number of ketones is 1. The number of esters is 1. The van der Waals surface area contributed by atoms with E-state index in [2.05, 4.69) is 10.1 Å². The summed E-state index contributed by atoms with van der Waals surface area (Å²) in [5, 5.41) is 5.71. The third-order valence-electron chi connectivity index (χ3n) is 4.87. The van der Waals surface area contributed by atoms with Crippen LogP contribution in [0.4, 0.5) is 0 Å². The summed E-state index contributed by atoms with van der Waals surface area (Å²) >= 11 is 0. The first-order valence-electron chi connectivity index (χ1n) is 9.32. The molecular formula is C22H19N3O4. The minimum atomic E-state index is -1.01. The number of rotatable bonds is 5. The molecule has 29 heavy (non-hydrogen) atoms. The van der Waals surface area contributed by atoms with Crippen molar-refractivity contribution in [2.75, 3.05) is 0 Å². The normalized spacial score (nSPS) is 12.2. The summed E-state index contributed by atoms with van der Waals surface area (Å²) in [7, 11) is 0. The molecule has 0 unspecified atom stereocenters. The Kier molecular flexibility index (Phi) is 4.72. The zero-order chi connectivity index (χ0) is 20.5. The Hall–Kier alpha value is -3.74. The summed E-state index contributed by atoms with van der Waals surface area (Å²) in [4.78, 5) is 41.2. The van der Waals surface area contributed by atoms with Gasteiger partial charge >= 0.3 is 5.97 Å². The van der Waals surface area contributed by atoms with Gasteiger partial charge in [-0.1, -0.05) is 36.4 Å². The minimum Gasteiger partial charge on any atom is -0.449 e. The first-order chi connectivity index (χ1) is 14.0. The van der Waals surface area contributed by atoms with Gasteiger partial charge in [0.15, 0.2) is 11.8 Å². The van der Waals surface area contributed by atoms with Crippen molar-refractivity contribution < 1.29 is 14.3 Å². The fraction of sp³-hybridized carbons (Fsp3) is 0.182. The number of carbonyl (C=O) groups excluding carboxylic acids is 2. The van der Waals surface area contributed by atoms with Gasteiger partial charge in [0.2, 0.25) is 5.78 Å². The Bertz CT molecular complexity index is 1300. The molecule has 2 aromatic heterocycles. The van der Waals surface area contributed by atoms with Crippen LogP contribution in [-0.4, -0.2) is 32.6 Å². The number of Topliss-reactive ketones (excluding diaryl/α,β-unsaturated/α-hetero) is 1. The molecule has 0 aliphatic rings. The van der Waals surface area contributed by atoms with E-state index in [0.29, 0.717) is 22.9 Å². The van der Waals surface area contributed by atoms with Gasteiger partial charge in [0.1, 0.15) is 0 Å². The Morgan fingerprint density at radius 2 is 1.72 bits per heavy atom. The molecule has 0 spiro atoms. The van der Waals surface area contributed by atoms with Crippen LogP contribution in [0.15, 0.2) is 59.5 Å². The van der Waals surface area contributed by atoms with Crippen LogP contribution in [0, 0.1) is 0 Å². The van der Waals surface area contributed by atoms with E-state index in [-0.39, 0.29) is 17.0 Å². The van der Waals surface area contributed by atoms with Gasteiger partial charge in [-0.05, 0) is 26.0 Å². The third-order valence-corrected chi connectivity index (χ3v) is 4.87. The lowest BCUT2D eigenvalue weighted by Crippen LogP contribution is -2.29. The highest BCUT2D eigenvalue weighted by Gasteiger charge is 2.25. The second-order valence-electron chi connectivity index (χ2n) is 6.67. The number of benzene rings is 2. The number of hydrogen-bond donors (Lipinski definition) is 1. The molecule has 7 nitrogen and oxygen atoms in total. The van der Waals surface area contributed by atoms with Gasteiger partial charge < -0.3 is 9.72 Å². The molecule has 146 valence electrons. The zero-order valence-corrected chi connectivity index (χ0v) is 16.0. The average Bonchev–Trinajstić information content (AvgIpc) is 3.17. The highest BCUT2D eigenvalue weighted by atomic mass is 16.5. The fourth-order valence-electron chi connectivity index (χ4n) is 3.36. The van der Waals surface area contributed by atoms with Crippen LogP contribution < -0.4 is 5.56 Å². The lowest BCUT2D eigenvalue weighted by Gasteiger charge is -2.13. The second-order valence-corrected chi connectivity index (χ2v) is 6.67. The molecule has 0 fully saturated rings. The summed E-state index contributed by atoms with van der Waals surface area (Å²) in [5.41, 5.74) is 1.03. The first-order valence-corrected chi connectivity index (χ1v) is 9.32. The van der Waals surface area contributed by atoms with E-state index in [1.54, 1.807) is 37.4 Å². The summed E-state index contributed by atoms with van der Waals surface area (Å²) < 4.78 is 6.65. The van der Waals surface area contributed by atoms with E-state index in [9.17, 15) is 14.4 Å². The molecule has 0 radical (unpaired) electrons. The van der Waals surface area contributed by atoms with Crippen molar-refractivity contribution in [2.24, 2.45) is 0 Å². The fourth-order valence-corrected chi connectivity index (χ4v) is 3.36. The molecule has 0 amide bonds. The maximum Gasteiger partial charge on any atom is 0.360 e. The van der Waals surface area contributed by atoms with Gasteiger partial charge in [0.05, 0.1) is 5.39 Å². The maximum atomic E-state index is 12.9. The van der Waals surface area contributed by atoms with Crippen LogP contribution in [0.25, 0.3) is 21.7 Å². The number of aromatic amines is 1. The standard InChI is InChI=1S/C22H19N3O4/c1-3-25-21(27)16-10-5-4-9-15(16)19(24-25)22(28)29-13(2)20(26)17-12-23-18-11-7-6-8-14(17)18/h4-13,23H,3H2,1-2H3/t13-/m1/s1. The molecule has 0 saturated carbocycles. The molecule has 2 aromatic carbocycles. The molecule has 4 rings (SSSR count). The lowest BCUT2D eigenvalue weighted by molar-refractivity contribution is 0.0313. The molecular weight excluding hydrogens is 370 g/mol. The third kappa shape index (κ3) is 3.20. The van der Waals surface area contributed by atoms with Gasteiger partial charge in [-0.2, -0.15) is 5.10 Å².